The van der Waals surface area contributed by atoms with Gasteiger partial charge in [0.05, 0.1) is 60.3 Å². The lowest BCUT2D eigenvalue weighted by atomic mass is 9.76. The SMILES string of the molecule is CC(C)(C)C(=O)OCc1ccccc1.CC(C)C(C)C(=O)C(C)(C)C.CC(C)C(N)C(=O)C(C)(C)C.CC(O)C(CC(=O)OCc1ccccc1)C(=O)C(C)(C)C.CC(O)C(N)C(=O)N1CCCC1C(=O)C(C)(C)C.CC(O)C(NC(=O)OCc1ccccc1)C(=O)C1CCCC1C(=O)C(C)(C)C.CCCC(O)C(NC(=O)OCc1ccccc1)C(=O)N1CCCC1C(=O)C(C)(C)C. The first-order chi connectivity index (χ1) is 61.2. The molecular formula is C106H168N6O21. The predicted octanol–water partition coefficient (Wildman–Crippen LogP) is 16.6. The number of nitrogens with zero attached hydrogens (tertiary/aromatic N) is 2. The monoisotopic (exact) mass is 1860 g/mol. The molecule has 7 rings (SSSR count). The molecular weight excluding hydrogens is 1690 g/mol. The van der Waals surface area contributed by atoms with Crippen molar-refractivity contribution in [2.75, 3.05) is 13.1 Å². The van der Waals surface area contributed by atoms with Crippen LogP contribution < -0.4 is 22.1 Å². The number of hydrogen-bond donors (Lipinski definition) is 8. The van der Waals surface area contributed by atoms with Crippen LogP contribution in [0, 0.1) is 73.4 Å². The summed E-state index contributed by atoms with van der Waals surface area (Å²) in [5, 5.41) is 44.8. The third kappa shape index (κ3) is 44.0. The van der Waals surface area contributed by atoms with E-state index >= 15 is 0 Å². The van der Waals surface area contributed by atoms with Gasteiger partial charge in [0.2, 0.25) is 11.8 Å². The van der Waals surface area contributed by atoms with Crippen LogP contribution in [-0.2, 0) is 98.1 Å². The number of aliphatic hydroxyl groups is 4. The highest BCUT2D eigenvalue weighted by Gasteiger charge is 2.47. The van der Waals surface area contributed by atoms with Crippen LogP contribution in [0.2, 0.25) is 0 Å². The Morgan fingerprint density at radius 3 is 1.05 bits per heavy atom. The van der Waals surface area contributed by atoms with Crippen molar-refractivity contribution in [3.63, 3.8) is 0 Å². The van der Waals surface area contributed by atoms with Crippen LogP contribution >= 0.6 is 0 Å². The van der Waals surface area contributed by atoms with Gasteiger partial charge in [0.1, 0.15) is 61.9 Å². The fraction of sp³-hybridized carbons (Fsp3) is 0.651. The van der Waals surface area contributed by atoms with E-state index in [4.69, 9.17) is 30.4 Å². The summed E-state index contributed by atoms with van der Waals surface area (Å²) in [5.74, 6) is -1.90. The van der Waals surface area contributed by atoms with Crippen LogP contribution in [0.15, 0.2) is 121 Å². The van der Waals surface area contributed by atoms with Crippen molar-refractivity contribution in [3.05, 3.63) is 144 Å². The molecule has 0 radical (unpaired) electrons. The maximum atomic E-state index is 13.3. The average Bonchev–Trinajstić information content (AvgIpc) is 1.69. The molecule has 2 heterocycles. The number of aliphatic hydroxyl groups excluding tert-OH is 4. The van der Waals surface area contributed by atoms with Crippen molar-refractivity contribution in [1.29, 1.82) is 0 Å². The van der Waals surface area contributed by atoms with Gasteiger partial charge in [-0.3, -0.25) is 52.7 Å². The van der Waals surface area contributed by atoms with Crippen LogP contribution in [0.4, 0.5) is 9.59 Å². The lowest BCUT2D eigenvalue weighted by Crippen LogP contribution is -2.57. The summed E-state index contributed by atoms with van der Waals surface area (Å²) in [6.07, 6.45) is 0.303. The highest BCUT2D eigenvalue weighted by atomic mass is 16.6. The van der Waals surface area contributed by atoms with Crippen molar-refractivity contribution < 1.29 is 102 Å². The van der Waals surface area contributed by atoms with Crippen molar-refractivity contribution in [2.45, 2.75) is 359 Å². The summed E-state index contributed by atoms with van der Waals surface area (Å²) in [6.45, 7) is 57.2. The number of likely N-dealkylation sites (tertiary alicyclic amines) is 2. The number of ketones is 7. The lowest BCUT2D eigenvalue weighted by molar-refractivity contribution is -0.154. The molecule has 133 heavy (non-hydrogen) atoms. The first-order valence-electron chi connectivity index (χ1n) is 47.2. The highest BCUT2D eigenvalue weighted by molar-refractivity contribution is 5.98. The number of Topliss-reactive ketones (excluding diaryl/α,β-unsaturated/α-hetero) is 7. The maximum Gasteiger partial charge on any atom is 0.408 e. The van der Waals surface area contributed by atoms with Crippen molar-refractivity contribution in [1.82, 2.24) is 20.4 Å². The Balaban J connectivity index is 0.000000800. The highest BCUT2D eigenvalue weighted by Crippen LogP contribution is 2.39. The maximum absolute atomic E-state index is 13.3. The van der Waals surface area contributed by atoms with Gasteiger partial charge in [0.25, 0.3) is 0 Å². The molecule has 27 nitrogen and oxygen atoms in total. The van der Waals surface area contributed by atoms with Gasteiger partial charge in [-0.2, -0.15) is 0 Å². The first kappa shape index (κ1) is 122. The zero-order chi connectivity index (χ0) is 102. The number of carbonyl (C=O) groups is 13. The van der Waals surface area contributed by atoms with Gasteiger partial charge in [-0.1, -0.05) is 300 Å². The van der Waals surface area contributed by atoms with Crippen LogP contribution in [0.5, 0.6) is 0 Å². The van der Waals surface area contributed by atoms with Crippen molar-refractivity contribution in [2.24, 2.45) is 84.9 Å². The van der Waals surface area contributed by atoms with E-state index in [2.05, 4.69) is 24.5 Å². The second-order valence-electron chi connectivity index (χ2n) is 43.2. The number of hydrogen-bond acceptors (Lipinski definition) is 23. The third-order valence-electron chi connectivity index (χ3n) is 22.9. The van der Waals surface area contributed by atoms with Gasteiger partial charge in [-0.25, -0.2) is 9.59 Å². The fourth-order valence-corrected chi connectivity index (χ4v) is 14.3. The molecule has 4 amide bonds. The molecule has 4 aromatic rings. The molecule has 0 spiro atoms. The molecule has 27 heteroatoms. The second-order valence-corrected chi connectivity index (χ2v) is 43.2. The number of nitrogens with two attached hydrogens (primary N) is 2. The Hall–Kier alpha value is -9.25. The Morgan fingerprint density at radius 2 is 0.737 bits per heavy atom. The Labute approximate surface area is 795 Å². The van der Waals surface area contributed by atoms with Gasteiger partial charge >= 0.3 is 24.1 Å². The molecule has 0 bridgehead atoms. The molecule has 14 unspecified atom stereocenters. The van der Waals surface area contributed by atoms with Crippen molar-refractivity contribution >= 4 is 76.4 Å². The number of alkyl carbamates (subject to hydrolysis) is 2. The van der Waals surface area contributed by atoms with Crippen LogP contribution in [-0.4, -0.2) is 180 Å². The molecule has 2 aliphatic heterocycles. The molecule has 4 aromatic carbocycles. The summed E-state index contributed by atoms with van der Waals surface area (Å²) in [5.41, 5.74) is 11.8. The third-order valence-corrected chi connectivity index (χ3v) is 22.9. The smallest absolute Gasteiger partial charge is 0.408 e. The molecule has 3 aliphatic rings. The molecule has 14 atom stereocenters. The molecule has 0 aromatic heterocycles. The van der Waals surface area contributed by atoms with E-state index in [1.807, 2.05) is 274 Å². The van der Waals surface area contributed by atoms with E-state index in [1.165, 1.54) is 30.6 Å². The number of benzene rings is 4. The first-order valence-corrected chi connectivity index (χ1v) is 47.2. The minimum Gasteiger partial charge on any atom is -0.461 e. The van der Waals surface area contributed by atoms with Crippen molar-refractivity contribution in [3.8, 4) is 0 Å². The van der Waals surface area contributed by atoms with Crippen LogP contribution in [0.25, 0.3) is 0 Å². The number of amides is 4. The van der Waals surface area contributed by atoms with E-state index < -0.39 is 112 Å². The number of nitrogens with one attached hydrogen (secondary N) is 2. The van der Waals surface area contributed by atoms with Gasteiger partial charge in [-0.15, -0.1) is 0 Å². The minimum absolute atomic E-state index is 0.0104. The summed E-state index contributed by atoms with van der Waals surface area (Å²) in [4.78, 5) is 162. The number of rotatable bonds is 30. The van der Waals surface area contributed by atoms with E-state index in [9.17, 15) is 82.8 Å². The summed E-state index contributed by atoms with van der Waals surface area (Å²) < 4.78 is 20.7. The second kappa shape index (κ2) is 56.3. The summed E-state index contributed by atoms with van der Waals surface area (Å²) in [7, 11) is 0. The number of carbonyl (C=O) groups excluding carboxylic acids is 13. The molecule has 1 saturated carbocycles. The van der Waals surface area contributed by atoms with E-state index in [-0.39, 0.29) is 113 Å². The number of ether oxygens (including phenoxy) is 4. The Kier molecular flexibility index (Phi) is 51.6. The summed E-state index contributed by atoms with van der Waals surface area (Å²) >= 11 is 0. The molecule has 10 N–H and O–H groups in total. The molecule has 748 valence electrons. The topological polar surface area (TPSA) is 422 Å². The largest absolute Gasteiger partial charge is 0.461 e. The fourth-order valence-electron chi connectivity index (χ4n) is 14.3. The summed E-state index contributed by atoms with van der Waals surface area (Å²) in [6, 6.07) is 33.0. The minimum atomic E-state index is -1.15. The van der Waals surface area contributed by atoms with Gasteiger partial charge in [0.15, 0.2) is 23.1 Å². The van der Waals surface area contributed by atoms with Crippen LogP contribution in [0.3, 0.4) is 0 Å². The zero-order valence-corrected chi connectivity index (χ0v) is 85.9. The average molecular weight is 1860 g/mol. The molecule has 1 aliphatic carbocycles. The zero-order valence-electron chi connectivity index (χ0n) is 85.9. The quantitative estimate of drug-likeness (QED) is 0.0177. The normalized spacial score (nSPS) is 17.9. The predicted molar refractivity (Wildman–Crippen MR) is 520 cm³/mol. The van der Waals surface area contributed by atoms with Gasteiger partial charge < -0.3 is 71.3 Å². The Morgan fingerprint density at radius 1 is 0.383 bits per heavy atom. The Bertz CT molecular complexity index is 4220. The van der Waals surface area contributed by atoms with Gasteiger partial charge in [-0.05, 0) is 121 Å². The van der Waals surface area contributed by atoms with Gasteiger partial charge in [0, 0.05) is 63.3 Å². The lowest BCUT2D eigenvalue weighted by Gasteiger charge is -2.33. The van der Waals surface area contributed by atoms with E-state index in [0.717, 1.165) is 35.1 Å². The molecule has 3 fully saturated rings. The number of esters is 2. The van der Waals surface area contributed by atoms with E-state index in [1.54, 1.807) is 20.8 Å². The van der Waals surface area contributed by atoms with E-state index in [0.29, 0.717) is 76.3 Å². The molecule has 2 saturated heterocycles. The van der Waals surface area contributed by atoms with Crippen LogP contribution in [0.1, 0.15) is 294 Å². The standard InChI is InChI=1S/C23H34N2O5.C22H31NO5.C17H24O4.C13H24N2O3.C12H16O2.C10H20O.C9H19NO/c1-5-10-18(26)19(24-22(29)30-15-16-11-7-6-8-12-16)21(28)25-14-9-13-17(25)20(27)23(2,3)4;1-14(24)18(23-21(27)28-13-15-9-6-5-7-10-15)19(25)16-11-8-12-17(16)20(26)22(2,3)4;1-12(18)14(16(20)17(2,3)4)10-15(19)21-11-13-8-6-5-7-9-13;1-8(16)10(14)12(18)15-7-5-6-9(15)11(17)13(2,3)4;1-12(2,3)11(13)14-9-10-7-5-4-6-8-10;1-7(2)8(3)9(11)10(4,5)6;1-6(2)7(10)8(11)9(3,4)5/h6-8,11-12,17-19,26H,5,9-10,13-15H2,1-4H3,(H,24,29);5-7,9-10,14,16-18,24H,8,11-13H2,1-4H3,(H,23,27);5-9,12,14,18H,10-11H2,1-4H3;8-10,16H,5-7,14H2,1-4H3;4-8H,9H2,1-3H3;7-8H,1-6H3;6-7H,10H2,1-5H3.